The minimum absolute atomic E-state index is 0.0384. The van der Waals surface area contributed by atoms with Gasteiger partial charge in [-0.25, -0.2) is 0 Å². The SMILES string of the molecule is CC/C=C/C=C/C=C\C=C/C=C/CCCCCC(=O)OC(CCCCC/C=C/C=C/CCCCCCCCC)CC(=O)NC(CO)C(O)CCCCCCCCCCCCCC. The molecular weight excluding hydrogens is 767 g/mol. The average Bonchev–Trinajstić information content (AvgIpc) is 3.26. The van der Waals surface area contributed by atoms with Crippen LogP contribution in [-0.2, 0) is 14.3 Å². The third-order valence-electron chi connectivity index (χ3n) is 11.4. The molecule has 3 unspecified atom stereocenters. The Labute approximate surface area is 383 Å². The summed E-state index contributed by atoms with van der Waals surface area (Å²) in [7, 11) is 0. The van der Waals surface area contributed by atoms with Gasteiger partial charge < -0.3 is 20.3 Å². The van der Waals surface area contributed by atoms with E-state index in [1.54, 1.807) is 0 Å². The summed E-state index contributed by atoms with van der Waals surface area (Å²) in [6.07, 6.45) is 63.5. The Bertz CT molecular complexity index is 1200. The number of nitrogens with one attached hydrogen (secondary N) is 1. The molecule has 0 aliphatic rings. The average molecular weight is 864 g/mol. The van der Waals surface area contributed by atoms with Gasteiger partial charge in [0.05, 0.1) is 25.2 Å². The topological polar surface area (TPSA) is 95.9 Å². The highest BCUT2D eigenvalue weighted by Gasteiger charge is 2.24. The highest BCUT2D eigenvalue weighted by atomic mass is 16.5. The lowest BCUT2D eigenvalue weighted by atomic mass is 10.0. The van der Waals surface area contributed by atoms with E-state index in [9.17, 15) is 19.8 Å². The van der Waals surface area contributed by atoms with Crippen LogP contribution in [0.4, 0.5) is 0 Å². The summed E-state index contributed by atoms with van der Waals surface area (Å²) in [6, 6.07) is -0.723. The van der Waals surface area contributed by atoms with Gasteiger partial charge in [0, 0.05) is 6.42 Å². The fourth-order valence-corrected chi connectivity index (χ4v) is 7.44. The Kier molecular flexibility index (Phi) is 46.7. The molecule has 6 nitrogen and oxygen atoms in total. The van der Waals surface area contributed by atoms with E-state index in [0.29, 0.717) is 19.3 Å². The number of ether oxygens (including phenoxy) is 1. The van der Waals surface area contributed by atoms with Gasteiger partial charge in [0.1, 0.15) is 6.10 Å². The molecule has 0 heterocycles. The van der Waals surface area contributed by atoms with Crippen LogP contribution >= 0.6 is 0 Å². The van der Waals surface area contributed by atoms with E-state index in [1.165, 1.54) is 103 Å². The fourth-order valence-electron chi connectivity index (χ4n) is 7.44. The second kappa shape index (κ2) is 49.1. The number of carbonyl (C=O) groups excluding carboxylic acids is 2. The molecule has 6 heteroatoms. The van der Waals surface area contributed by atoms with Gasteiger partial charge in [0.2, 0.25) is 5.91 Å². The van der Waals surface area contributed by atoms with Crippen LogP contribution in [0.2, 0.25) is 0 Å². The number of unbranched alkanes of at least 4 members (excludes halogenated alkanes) is 24. The molecule has 1 amide bonds. The van der Waals surface area contributed by atoms with Crippen molar-refractivity contribution in [1.29, 1.82) is 0 Å². The molecule has 356 valence electrons. The van der Waals surface area contributed by atoms with Crippen molar-refractivity contribution in [2.75, 3.05) is 6.61 Å². The second-order valence-electron chi connectivity index (χ2n) is 17.3. The molecule has 0 aromatic carbocycles. The summed E-state index contributed by atoms with van der Waals surface area (Å²) in [5.41, 5.74) is 0. The van der Waals surface area contributed by atoms with Crippen molar-refractivity contribution in [1.82, 2.24) is 5.32 Å². The van der Waals surface area contributed by atoms with E-state index in [2.05, 4.69) is 68.6 Å². The van der Waals surface area contributed by atoms with E-state index < -0.39 is 18.2 Å². The zero-order chi connectivity index (χ0) is 45.2. The number of allylic oxidation sites excluding steroid dienone is 14. The molecule has 0 aliphatic carbocycles. The first kappa shape index (κ1) is 59.0. The van der Waals surface area contributed by atoms with Crippen LogP contribution in [-0.4, -0.2) is 46.9 Å². The van der Waals surface area contributed by atoms with Crippen LogP contribution in [0.1, 0.15) is 233 Å². The van der Waals surface area contributed by atoms with Gasteiger partial charge in [-0.2, -0.15) is 0 Å². The van der Waals surface area contributed by atoms with Crippen LogP contribution in [0.15, 0.2) is 85.1 Å². The van der Waals surface area contributed by atoms with Crippen molar-refractivity contribution in [3.8, 4) is 0 Å². The molecular formula is C56H97NO5. The van der Waals surface area contributed by atoms with E-state index in [-0.39, 0.29) is 24.9 Å². The van der Waals surface area contributed by atoms with Crippen molar-refractivity contribution >= 4 is 11.9 Å². The molecule has 3 N–H and O–H groups in total. The summed E-state index contributed by atoms with van der Waals surface area (Å²) < 4.78 is 5.90. The van der Waals surface area contributed by atoms with E-state index >= 15 is 0 Å². The first-order valence-electron chi connectivity index (χ1n) is 25.9. The molecule has 0 aliphatic heterocycles. The van der Waals surface area contributed by atoms with Crippen LogP contribution < -0.4 is 5.32 Å². The van der Waals surface area contributed by atoms with Crippen LogP contribution in [0.5, 0.6) is 0 Å². The highest BCUT2D eigenvalue weighted by molar-refractivity contribution is 5.77. The Hall–Kier alpha value is -2.96. The summed E-state index contributed by atoms with van der Waals surface area (Å²) in [6.45, 7) is 6.31. The van der Waals surface area contributed by atoms with Crippen molar-refractivity contribution in [2.45, 2.75) is 251 Å². The van der Waals surface area contributed by atoms with Crippen molar-refractivity contribution in [3.63, 3.8) is 0 Å². The number of amides is 1. The number of hydrogen-bond acceptors (Lipinski definition) is 5. The molecule has 0 aromatic heterocycles. The number of esters is 1. The molecule has 0 rings (SSSR count). The summed E-state index contributed by atoms with van der Waals surface area (Å²) >= 11 is 0. The zero-order valence-electron chi connectivity index (χ0n) is 40.5. The standard InChI is InChI=1S/C56H97NO5/c1-4-7-10-13-16-19-22-25-27-29-30-32-35-38-41-44-47-52(62-56(61)49-46-43-40-37-34-31-28-26-23-20-17-14-11-8-5-2)50-55(60)57-53(51-58)54(59)48-45-42-39-36-33-24-21-18-15-12-9-6-3/h8,11,14,17,20,23,26-32,34,52-54,58-59H,4-7,9-10,12-13,15-16,18-19,21-22,24-25,33,35-51H2,1-3H3,(H,57,60)/b11-8+,17-14+,23-20-,28-26-,29-27+,32-30+,34-31+. The number of rotatable bonds is 45. The first-order chi connectivity index (χ1) is 30.5. The first-order valence-corrected chi connectivity index (χ1v) is 25.9. The lowest BCUT2D eigenvalue weighted by Gasteiger charge is -2.24. The van der Waals surface area contributed by atoms with E-state index in [0.717, 1.165) is 83.5 Å². The summed E-state index contributed by atoms with van der Waals surface area (Å²) in [4.78, 5) is 26.1. The van der Waals surface area contributed by atoms with Gasteiger partial charge in [-0.1, -0.05) is 234 Å². The molecule has 0 fully saturated rings. The number of carbonyl (C=O) groups is 2. The molecule has 3 atom stereocenters. The Morgan fingerprint density at radius 3 is 1.35 bits per heavy atom. The number of aliphatic hydroxyl groups excluding tert-OH is 2. The van der Waals surface area contributed by atoms with Crippen molar-refractivity contribution in [2.24, 2.45) is 0 Å². The molecule has 0 spiro atoms. The lowest BCUT2D eigenvalue weighted by Crippen LogP contribution is -2.46. The van der Waals surface area contributed by atoms with Crippen molar-refractivity contribution < 1.29 is 24.5 Å². The maximum absolute atomic E-state index is 13.2. The molecule has 62 heavy (non-hydrogen) atoms. The normalized spacial score (nSPS) is 14.0. The summed E-state index contributed by atoms with van der Waals surface area (Å²) in [5, 5.41) is 23.7. The Morgan fingerprint density at radius 1 is 0.484 bits per heavy atom. The Morgan fingerprint density at radius 2 is 0.871 bits per heavy atom. The number of aliphatic hydroxyl groups is 2. The quantitative estimate of drug-likeness (QED) is 0.0322. The zero-order valence-corrected chi connectivity index (χ0v) is 40.5. The van der Waals surface area contributed by atoms with Crippen LogP contribution in [0, 0.1) is 0 Å². The maximum Gasteiger partial charge on any atom is 0.306 e. The van der Waals surface area contributed by atoms with Gasteiger partial charge in [0.25, 0.3) is 0 Å². The smallest absolute Gasteiger partial charge is 0.306 e. The molecule has 0 radical (unpaired) electrons. The molecule has 0 bridgehead atoms. The van der Waals surface area contributed by atoms with Gasteiger partial charge in [-0.15, -0.1) is 0 Å². The minimum atomic E-state index is -0.806. The lowest BCUT2D eigenvalue weighted by molar-refractivity contribution is -0.151. The highest BCUT2D eigenvalue weighted by Crippen LogP contribution is 2.17. The van der Waals surface area contributed by atoms with E-state index in [1.807, 2.05) is 42.5 Å². The largest absolute Gasteiger partial charge is 0.462 e. The van der Waals surface area contributed by atoms with Crippen LogP contribution in [0.25, 0.3) is 0 Å². The monoisotopic (exact) mass is 864 g/mol. The van der Waals surface area contributed by atoms with Crippen LogP contribution in [0.3, 0.4) is 0 Å². The van der Waals surface area contributed by atoms with Gasteiger partial charge in [-0.05, 0) is 70.6 Å². The van der Waals surface area contributed by atoms with Gasteiger partial charge >= 0.3 is 5.97 Å². The minimum Gasteiger partial charge on any atom is -0.462 e. The maximum atomic E-state index is 13.2. The summed E-state index contributed by atoms with van der Waals surface area (Å²) in [5.74, 6) is -0.553. The molecule has 0 saturated carbocycles. The molecule has 0 aromatic rings. The number of hydrogen-bond donors (Lipinski definition) is 3. The van der Waals surface area contributed by atoms with Gasteiger partial charge in [-0.3, -0.25) is 9.59 Å². The second-order valence-corrected chi connectivity index (χ2v) is 17.3. The Balaban J connectivity index is 4.74. The fraction of sp³-hybridized carbons (Fsp3) is 0.714. The molecule has 0 saturated heterocycles. The third-order valence-corrected chi connectivity index (χ3v) is 11.4. The van der Waals surface area contributed by atoms with Crippen molar-refractivity contribution in [3.05, 3.63) is 85.1 Å². The third kappa shape index (κ3) is 43.7. The predicted molar refractivity (Wildman–Crippen MR) is 268 cm³/mol. The van der Waals surface area contributed by atoms with E-state index in [4.69, 9.17) is 4.74 Å². The predicted octanol–water partition coefficient (Wildman–Crippen LogP) is 15.6. The van der Waals surface area contributed by atoms with Gasteiger partial charge in [0.15, 0.2) is 0 Å².